The molecule has 32 heavy (non-hydrogen) atoms. The number of hydrogen-bond acceptors (Lipinski definition) is 6. The fourth-order valence-electron chi connectivity index (χ4n) is 3.36. The van der Waals surface area contributed by atoms with Gasteiger partial charge in [0.15, 0.2) is 5.13 Å². The topological polar surface area (TPSA) is 73.8 Å². The Balaban J connectivity index is 0.00000289. The second-order valence-electron chi connectivity index (χ2n) is 7.54. The van der Waals surface area contributed by atoms with Gasteiger partial charge in [-0.1, -0.05) is 11.3 Å². The average Bonchev–Trinajstić information content (AvgIpc) is 3.30. The molecule has 1 aliphatic heterocycles. The van der Waals surface area contributed by atoms with E-state index in [2.05, 4.69) is 4.98 Å². The van der Waals surface area contributed by atoms with Gasteiger partial charge in [-0.25, -0.2) is 9.37 Å². The summed E-state index contributed by atoms with van der Waals surface area (Å²) in [6.07, 6.45) is 0.409. The number of carbonyl (C=O) groups excluding carboxylic acids is 3. The summed E-state index contributed by atoms with van der Waals surface area (Å²) < 4.78 is 14.3. The van der Waals surface area contributed by atoms with Gasteiger partial charge in [-0.2, -0.15) is 0 Å². The summed E-state index contributed by atoms with van der Waals surface area (Å²) in [4.78, 5) is 46.4. The molecule has 1 aromatic heterocycles. The fourth-order valence-corrected chi connectivity index (χ4v) is 4.37. The van der Waals surface area contributed by atoms with Gasteiger partial charge in [0.25, 0.3) is 5.91 Å². The first-order chi connectivity index (χ1) is 14.8. The Hall–Kier alpha value is -2.88. The number of anilines is 2. The minimum Gasteiger partial charge on any atom is -0.308 e. The maximum Gasteiger partial charge on any atom is 0.260 e. The van der Waals surface area contributed by atoms with E-state index >= 15 is 0 Å². The standard InChI is InChI=1S/C22H21FN4O3S.ClH/c1-25(2)11-12-26(22-24-17-8-5-15(23)13-18(17)31-22)21(30)14-3-6-16(7-4-14)27-19(28)9-10-20(27)29;/h3-8,13H,9-12H2,1-2H3;1H. The molecule has 3 amide bonds. The van der Waals surface area contributed by atoms with Gasteiger partial charge < -0.3 is 4.90 Å². The number of nitrogens with zero attached hydrogens (tertiary/aromatic N) is 4. The zero-order valence-electron chi connectivity index (χ0n) is 17.6. The summed E-state index contributed by atoms with van der Waals surface area (Å²) in [5.74, 6) is -1.08. The first-order valence-corrected chi connectivity index (χ1v) is 10.6. The van der Waals surface area contributed by atoms with Crippen LogP contribution in [0.15, 0.2) is 42.5 Å². The molecule has 7 nitrogen and oxygen atoms in total. The minimum absolute atomic E-state index is 0. The lowest BCUT2D eigenvalue weighted by Crippen LogP contribution is -2.36. The van der Waals surface area contributed by atoms with Crippen LogP contribution in [0, 0.1) is 5.82 Å². The van der Waals surface area contributed by atoms with E-state index in [1.807, 2.05) is 19.0 Å². The lowest BCUT2D eigenvalue weighted by atomic mass is 10.1. The molecule has 0 radical (unpaired) electrons. The van der Waals surface area contributed by atoms with Crippen LogP contribution in [0.5, 0.6) is 0 Å². The Bertz CT molecular complexity index is 1150. The van der Waals surface area contributed by atoms with Gasteiger partial charge in [0.05, 0.1) is 15.9 Å². The van der Waals surface area contributed by atoms with Gasteiger partial charge >= 0.3 is 0 Å². The predicted molar refractivity (Wildman–Crippen MR) is 125 cm³/mol. The van der Waals surface area contributed by atoms with Crippen LogP contribution in [-0.2, 0) is 9.59 Å². The third-order valence-electron chi connectivity index (χ3n) is 5.01. The molecule has 0 saturated carbocycles. The summed E-state index contributed by atoms with van der Waals surface area (Å²) in [5, 5.41) is 0.487. The first kappa shape index (κ1) is 23.8. The number of hydrogen-bond donors (Lipinski definition) is 0. The van der Waals surface area contributed by atoms with Crippen molar-refractivity contribution in [1.29, 1.82) is 0 Å². The number of imide groups is 1. The quantitative estimate of drug-likeness (QED) is 0.507. The van der Waals surface area contributed by atoms with Gasteiger partial charge in [-0.05, 0) is 56.6 Å². The number of rotatable bonds is 6. The van der Waals surface area contributed by atoms with Crippen LogP contribution >= 0.6 is 23.7 Å². The van der Waals surface area contributed by atoms with Crippen molar-refractivity contribution in [2.24, 2.45) is 0 Å². The molecule has 4 rings (SSSR count). The number of halogens is 2. The number of fused-ring (bicyclic) bond motifs is 1. The summed E-state index contributed by atoms with van der Waals surface area (Å²) in [6.45, 7) is 1.02. The van der Waals surface area contributed by atoms with Gasteiger partial charge in [-0.3, -0.25) is 24.2 Å². The normalized spacial score (nSPS) is 13.7. The summed E-state index contributed by atoms with van der Waals surface area (Å²) in [7, 11) is 3.82. The van der Waals surface area contributed by atoms with E-state index in [0.29, 0.717) is 39.7 Å². The SMILES string of the molecule is CN(C)CCN(C(=O)c1ccc(N2C(=O)CCC2=O)cc1)c1nc2ccc(F)cc2s1.Cl. The highest BCUT2D eigenvalue weighted by Crippen LogP contribution is 2.31. The highest BCUT2D eigenvalue weighted by atomic mass is 35.5. The Morgan fingerprint density at radius 2 is 1.72 bits per heavy atom. The number of likely N-dealkylation sites (N-methyl/N-ethyl adjacent to an activating group) is 1. The second-order valence-corrected chi connectivity index (χ2v) is 8.55. The summed E-state index contributed by atoms with van der Waals surface area (Å²) >= 11 is 1.26. The van der Waals surface area contributed by atoms with Crippen LogP contribution in [0.1, 0.15) is 23.2 Å². The Labute approximate surface area is 194 Å². The molecular formula is C22H22ClFN4O3S. The molecule has 1 aliphatic rings. The number of amides is 3. The number of carbonyl (C=O) groups is 3. The molecule has 0 atom stereocenters. The zero-order chi connectivity index (χ0) is 22.1. The second kappa shape index (κ2) is 9.72. The Kier molecular flexibility index (Phi) is 7.22. The van der Waals surface area contributed by atoms with Gasteiger partial charge in [-0.15, -0.1) is 12.4 Å². The molecule has 0 N–H and O–H groups in total. The van der Waals surface area contributed by atoms with E-state index in [1.165, 1.54) is 23.5 Å². The van der Waals surface area contributed by atoms with Crippen LogP contribution in [-0.4, -0.2) is 54.8 Å². The van der Waals surface area contributed by atoms with E-state index < -0.39 is 0 Å². The third-order valence-corrected chi connectivity index (χ3v) is 6.05. The summed E-state index contributed by atoms with van der Waals surface area (Å²) in [6, 6.07) is 10.8. The third kappa shape index (κ3) is 4.79. The van der Waals surface area contributed by atoms with Crippen molar-refractivity contribution in [3.8, 4) is 0 Å². The van der Waals surface area contributed by atoms with Crippen molar-refractivity contribution >= 4 is 62.5 Å². The number of benzene rings is 2. The number of thiazole rings is 1. The molecular weight excluding hydrogens is 455 g/mol. The van der Waals surface area contributed by atoms with Crippen LogP contribution in [0.3, 0.4) is 0 Å². The molecule has 1 fully saturated rings. The first-order valence-electron chi connectivity index (χ1n) is 9.82. The van der Waals surface area contributed by atoms with Crippen LogP contribution in [0.25, 0.3) is 10.2 Å². The molecule has 2 aromatic carbocycles. The lowest BCUT2D eigenvalue weighted by molar-refractivity contribution is -0.121. The molecule has 0 aliphatic carbocycles. The predicted octanol–water partition coefficient (Wildman–Crippen LogP) is 3.72. The van der Waals surface area contributed by atoms with Crippen molar-refractivity contribution < 1.29 is 18.8 Å². The molecule has 0 spiro atoms. The average molecular weight is 477 g/mol. The zero-order valence-corrected chi connectivity index (χ0v) is 19.2. The molecule has 0 unspecified atom stereocenters. The van der Waals surface area contributed by atoms with Crippen LogP contribution in [0.4, 0.5) is 15.2 Å². The lowest BCUT2D eigenvalue weighted by Gasteiger charge is -2.22. The number of aromatic nitrogens is 1. The highest BCUT2D eigenvalue weighted by Gasteiger charge is 2.30. The monoisotopic (exact) mass is 476 g/mol. The van der Waals surface area contributed by atoms with Crippen molar-refractivity contribution in [2.75, 3.05) is 37.0 Å². The van der Waals surface area contributed by atoms with Crippen molar-refractivity contribution in [3.05, 3.63) is 53.8 Å². The highest BCUT2D eigenvalue weighted by molar-refractivity contribution is 7.22. The van der Waals surface area contributed by atoms with Crippen LogP contribution in [0.2, 0.25) is 0 Å². The largest absolute Gasteiger partial charge is 0.308 e. The smallest absolute Gasteiger partial charge is 0.260 e. The minimum atomic E-state index is -0.351. The molecule has 0 bridgehead atoms. The molecule has 10 heteroatoms. The van der Waals surface area contributed by atoms with Crippen molar-refractivity contribution in [3.63, 3.8) is 0 Å². The Morgan fingerprint density at radius 1 is 1.06 bits per heavy atom. The summed E-state index contributed by atoms with van der Waals surface area (Å²) in [5.41, 5.74) is 1.50. The fraction of sp³-hybridized carbons (Fsp3) is 0.273. The van der Waals surface area contributed by atoms with E-state index in [9.17, 15) is 18.8 Å². The maximum atomic E-state index is 13.6. The van der Waals surface area contributed by atoms with E-state index in [-0.39, 0.29) is 48.8 Å². The van der Waals surface area contributed by atoms with E-state index in [0.717, 1.165) is 4.90 Å². The molecule has 3 aromatic rings. The Morgan fingerprint density at radius 3 is 2.34 bits per heavy atom. The maximum absolute atomic E-state index is 13.6. The van der Waals surface area contributed by atoms with Gasteiger partial charge in [0, 0.05) is 31.5 Å². The van der Waals surface area contributed by atoms with E-state index in [1.54, 1.807) is 35.2 Å². The van der Waals surface area contributed by atoms with E-state index in [4.69, 9.17) is 0 Å². The molecule has 1 saturated heterocycles. The van der Waals surface area contributed by atoms with Crippen molar-refractivity contribution in [1.82, 2.24) is 9.88 Å². The molecule has 168 valence electrons. The molecule has 2 heterocycles. The van der Waals surface area contributed by atoms with Crippen LogP contribution < -0.4 is 9.80 Å². The van der Waals surface area contributed by atoms with Gasteiger partial charge in [0.2, 0.25) is 11.8 Å². The van der Waals surface area contributed by atoms with Crippen molar-refractivity contribution in [2.45, 2.75) is 12.8 Å². The van der Waals surface area contributed by atoms with Gasteiger partial charge in [0.1, 0.15) is 5.82 Å².